The summed E-state index contributed by atoms with van der Waals surface area (Å²) < 4.78 is 0. The fourth-order valence-electron chi connectivity index (χ4n) is 3.87. The van der Waals surface area contributed by atoms with Crippen LogP contribution in [0.3, 0.4) is 0 Å². The van der Waals surface area contributed by atoms with Crippen molar-refractivity contribution in [1.29, 1.82) is 0 Å². The molecule has 1 unspecified atom stereocenters. The molecule has 1 atom stereocenters. The molecule has 0 aromatic heterocycles. The van der Waals surface area contributed by atoms with Crippen molar-refractivity contribution < 1.29 is 9.59 Å². The number of likely N-dealkylation sites (tertiary alicyclic amines) is 1. The first-order valence-electron chi connectivity index (χ1n) is 11.1. The van der Waals surface area contributed by atoms with Gasteiger partial charge in [0.1, 0.15) is 6.04 Å². The average molecular weight is 457 g/mol. The van der Waals surface area contributed by atoms with Gasteiger partial charge in [-0.1, -0.05) is 29.8 Å². The van der Waals surface area contributed by atoms with E-state index in [2.05, 4.69) is 27.7 Å². The van der Waals surface area contributed by atoms with Gasteiger partial charge in [-0.05, 0) is 74.7 Å². The highest BCUT2D eigenvalue weighted by atomic mass is 35.5. The summed E-state index contributed by atoms with van der Waals surface area (Å²) in [6, 6.07) is 14.8. The van der Waals surface area contributed by atoms with Crippen molar-refractivity contribution in [3.8, 4) is 0 Å². The van der Waals surface area contributed by atoms with Crippen LogP contribution < -0.4 is 15.5 Å². The highest BCUT2D eigenvalue weighted by molar-refractivity contribution is 6.30. The molecule has 172 valence electrons. The van der Waals surface area contributed by atoms with Gasteiger partial charge < -0.3 is 15.5 Å². The molecule has 0 bridgehead atoms. The van der Waals surface area contributed by atoms with Gasteiger partial charge >= 0.3 is 0 Å². The molecule has 2 aromatic rings. The summed E-state index contributed by atoms with van der Waals surface area (Å²) in [5.74, 6) is 0.0673. The van der Waals surface area contributed by atoms with E-state index in [0.29, 0.717) is 18.0 Å². The lowest BCUT2D eigenvalue weighted by molar-refractivity contribution is -0.122. The number of halogens is 1. The van der Waals surface area contributed by atoms with Crippen LogP contribution >= 0.6 is 11.6 Å². The molecule has 1 saturated heterocycles. The lowest BCUT2D eigenvalue weighted by Gasteiger charge is -2.32. The van der Waals surface area contributed by atoms with Crippen LogP contribution in [0.4, 0.5) is 5.69 Å². The van der Waals surface area contributed by atoms with Gasteiger partial charge in [0.2, 0.25) is 5.91 Å². The predicted octanol–water partition coefficient (Wildman–Crippen LogP) is 3.55. The number of piperidine rings is 1. The summed E-state index contributed by atoms with van der Waals surface area (Å²) in [7, 11) is 3.85. The van der Waals surface area contributed by atoms with E-state index < -0.39 is 6.04 Å². The molecule has 3 rings (SSSR count). The first-order chi connectivity index (χ1) is 15.3. The minimum Gasteiger partial charge on any atom is -0.378 e. The van der Waals surface area contributed by atoms with Gasteiger partial charge in [-0.2, -0.15) is 0 Å². The number of rotatable bonds is 8. The van der Waals surface area contributed by atoms with E-state index in [0.717, 1.165) is 43.2 Å². The highest BCUT2D eigenvalue weighted by Crippen LogP contribution is 2.19. The minimum absolute atomic E-state index is 0.147. The molecule has 32 heavy (non-hydrogen) atoms. The molecule has 0 radical (unpaired) electrons. The van der Waals surface area contributed by atoms with E-state index >= 15 is 0 Å². The molecule has 1 fully saturated rings. The maximum Gasteiger partial charge on any atom is 0.251 e. The molecular formula is C25H33ClN4O2. The van der Waals surface area contributed by atoms with Crippen molar-refractivity contribution in [1.82, 2.24) is 15.5 Å². The molecule has 0 saturated carbocycles. The highest BCUT2D eigenvalue weighted by Gasteiger charge is 2.22. The van der Waals surface area contributed by atoms with E-state index in [1.807, 2.05) is 49.3 Å². The molecule has 2 aromatic carbocycles. The molecular weight excluding hydrogens is 424 g/mol. The zero-order valence-electron chi connectivity index (χ0n) is 19.1. The first kappa shape index (κ1) is 24.1. The maximum atomic E-state index is 12.5. The third kappa shape index (κ3) is 6.97. The summed E-state index contributed by atoms with van der Waals surface area (Å²) >= 11 is 5.96. The van der Waals surface area contributed by atoms with Gasteiger partial charge in [0.15, 0.2) is 0 Å². The first-order valence-corrected chi connectivity index (χ1v) is 11.5. The molecule has 0 aliphatic carbocycles. The second kappa shape index (κ2) is 11.3. The lowest BCUT2D eigenvalue weighted by Crippen LogP contribution is -2.47. The molecule has 6 nitrogen and oxygen atoms in total. The van der Waals surface area contributed by atoms with E-state index in [4.69, 9.17) is 11.6 Å². The van der Waals surface area contributed by atoms with Crippen molar-refractivity contribution in [3.63, 3.8) is 0 Å². The van der Waals surface area contributed by atoms with E-state index in [9.17, 15) is 9.59 Å². The number of anilines is 1. The second-order valence-corrected chi connectivity index (χ2v) is 9.17. The number of benzene rings is 2. The standard InChI is InChI=1S/C25H33ClN4O2/c1-18(28-25(32)21-5-4-6-23(15-21)29(2)3)24(31)27-16-19-11-13-30(14-12-19)17-20-7-9-22(26)10-8-20/h4-10,15,18-19H,11-14,16-17H2,1-3H3,(H,27,31)(H,28,32). The van der Waals surface area contributed by atoms with Crippen LogP contribution in [0.25, 0.3) is 0 Å². The topological polar surface area (TPSA) is 64.7 Å². The smallest absolute Gasteiger partial charge is 0.251 e. The third-order valence-corrected chi connectivity index (χ3v) is 6.21. The van der Waals surface area contributed by atoms with Gasteiger partial charge in [-0.25, -0.2) is 0 Å². The summed E-state index contributed by atoms with van der Waals surface area (Å²) in [5, 5.41) is 6.58. The Labute approximate surface area is 195 Å². The Kier molecular flexibility index (Phi) is 8.53. The fourth-order valence-corrected chi connectivity index (χ4v) is 3.99. The molecule has 1 aliphatic rings. The largest absolute Gasteiger partial charge is 0.378 e. The number of nitrogens with zero attached hydrogens (tertiary/aromatic N) is 2. The van der Waals surface area contributed by atoms with Crippen molar-refractivity contribution in [2.75, 3.05) is 38.6 Å². The Morgan fingerprint density at radius 1 is 1.12 bits per heavy atom. The van der Waals surface area contributed by atoms with E-state index in [1.54, 1.807) is 13.0 Å². The minimum atomic E-state index is -0.587. The van der Waals surface area contributed by atoms with Crippen LogP contribution in [0.15, 0.2) is 48.5 Å². The SMILES string of the molecule is CC(NC(=O)c1cccc(N(C)C)c1)C(=O)NCC1CCN(Cc2ccc(Cl)cc2)CC1. The number of carbonyl (C=O) groups is 2. The lowest BCUT2D eigenvalue weighted by atomic mass is 9.96. The van der Waals surface area contributed by atoms with Crippen molar-refractivity contribution in [2.24, 2.45) is 5.92 Å². The van der Waals surface area contributed by atoms with Crippen LogP contribution in [-0.4, -0.2) is 56.5 Å². The third-order valence-electron chi connectivity index (χ3n) is 5.96. The Balaban J connectivity index is 1.39. The second-order valence-electron chi connectivity index (χ2n) is 8.73. The summed E-state index contributed by atoms with van der Waals surface area (Å²) in [6.45, 7) is 5.31. The number of carbonyl (C=O) groups excluding carboxylic acids is 2. The monoisotopic (exact) mass is 456 g/mol. The molecule has 0 spiro atoms. The van der Waals surface area contributed by atoms with Gasteiger partial charge in [-0.3, -0.25) is 14.5 Å². The van der Waals surface area contributed by atoms with Gasteiger partial charge in [0, 0.05) is 43.5 Å². The molecule has 1 heterocycles. The van der Waals surface area contributed by atoms with Crippen molar-refractivity contribution in [2.45, 2.75) is 32.4 Å². The average Bonchev–Trinajstić information content (AvgIpc) is 2.79. The maximum absolute atomic E-state index is 12.5. The molecule has 1 aliphatic heterocycles. The number of hydrogen-bond acceptors (Lipinski definition) is 4. The predicted molar refractivity (Wildman–Crippen MR) is 130 cm³/mol. The zero-order chi connectivity index (χ0) is 23.1. The number of nitrogens with one attached hydrogen (secondary N) is 2. The number of amides is 2. The molecule has 2 amide bonds. The van der Waals surface area contributed by atoms with Crippen LogP contribution in [0, 0.1) is 5.92 Å². The Morgan fingerprint density at radius 3 is 2.47 bits per heavy atom. The van der Waals surface area contributed by atoms with Crippen LogP contribution in [0.1, 0.15) is 35.7 Å². The normalized spacial score (nSPS) is 15.8. The summed E-state index contributed by atoms with van der Waals surface area (Å²) in [6.07, 6.45) is 2.10. The van der Waals surface area contributed by atoms with E-state index in [1.165, 1.54) is 5.56 Å². The quantitative estimate of drug-likeness (QED) is 0.637. The molecule has 2 N–H and O–H groups in total. The van der Waals surface area contributed by atoms with Crippen molar-refractivity contribution in [3.05, 3.63) is 64.7 Å². The van der Waals surface area contributed by atoms with Crippen LogP contribution in [-0.2, 0) is 11.3 Å². The Bertz CT molecular complexity index is 908. The zero-order valence-corrected chi connectivity index (χ0v) is 19.9. The van der Waals surface area contributed by atoms with Crippen molar-refractivity contribution >= 4 is 29.1 Å². The summed E-state index contributed by atoms with van der Waals surface area (Å²) in [5.41, 5.74) is 2.75. The fraction of sp³-hybridized carbons (Fsp3) is 0.440. The number of hydrogen-bond donors (Lipinski definition) is 2. The van der Waals surface area contributed by atoms with Gasteiger partial charge in [0.05, 0.1) is 0 Å². The Morgan fingerprint density at radius 2 is 1.81 bits per heavy atom. The molecule has 7 heteroatoms. The summed E-state index contributed by atoms with van der Waals surface area (Å²) in [4.78, 5) is 29.4. The van der Waals surface area contributed by atoms with Gasteiger partial charge in [-0.15, -0.1) is 0 Å². The van der Waals surface area contributed by atoms with E-state index in [-0.39, 0.29) is 11.8 Å². The Hall–Kier alpha value is -2.57. The van der Waals surface area contributed by atoms with Crippen LogP contribution in [0.5, 0.6) is 0 Å². The van der Waals surface area contributed by atoms with Gasteiger partial charge in [0.25, 0.3) is 5.91 Å². The van der Waals surface area contributed by atoms with Crippen LogP contribution in [0.2, 0.25) is 5.02 Å².